The molecule has 1 unspecified atom stereocenters. The molecule has 1 aliphatic heterocycles. The Hall–Kier alpha value is -2.58. The number of hydrogen-bond acceptors (Lipinski definition) is 5. The number of carbonyl (C=O) groups excluding carboxylic acids is 1. The van der Waals surface area contributed by atoms with Gasteiger partial charge in [0, 0.05) is 28.2 Å². The number of amides is 1. The van der Waals surface area contributed by atoms with E-state index in [9.17, 15) is 39.6 Å². The summed E-state index contributed by atoms with van der Waals surface area (Å²) in [6.45, 7) is 0. The largest absolute Gasteiger partial charge is 0.416 e. The molecule has 38 heavy (non-hydrogen) atoms. The van der Waals surface area contributed by atoms with E-state index in [-0.39, 0.29) is 22.1 Å². The van der Waals surface area contributed by atoms with Crippen LogP contribution < -0.4 is 5.32 Å². The smallest absolute Gasteiger partial charge is 0.325 e. The first kappa shape index (κ1) is 28.4. The Balaban J connectivity index is 1.69. The summed E-state index contributed by atoms with van der Waals surface area (Å²) in [5, 5.41) is 3.54. The van der Waals surface area contributed by atoms with Gasteiger partial charge in [-0.2, -0.15) is 26.3 Å². The summed E-state index contributed by atoms with van der Waals surface area (Å²) in [4.78, 5) is 12.1. The van der Waals surface area contributed by atoms with Crippen LogP contribution in [-0.4, -0.2) is 38.2 Å². The van der Waals surface area contributed by atoms with Gasteiger partial charge in [-0.1, -0.05) is 40.2 Å². The number of nitrogens with one attached hydrogen (secondary N) is 1. The molecule has 3 aromatic rings. The Morgan fingerprint density at radius 3 is 2.42 bits per heavy atom. The molecular formula is C24H17BrF6N2O3S2. The molecule has 0 saturated carbocycles. The minimum Gasteiger partial charge on any atom is -0.325 e. The van der Waals surface area contributed by atoms with Crippen molar-refractivity contribution in [3.05, 3.63) is 75.8 Å². The molecule has 0 bridgehead atoms. The molecule has 1 N–H and O–H groups in total. The average molecular weight is 639 g/mol. The third-order valence-electron chi connectivity index (χ3n) is 5.76. The molecule has 1 aliphatic rings. The van der Waals surface area contributed by atoms with Crippen molar-refractivity contribution in [2.45, 2.75) is 23.5 Å². The van der Waals surface area contributed by atoms with E-state index in [2.05, 4.69) is 25.6 Å². The first-order valence-corrected chi connectivity index (χ1v) is 14.3. The number of benzene rings is 3. The fourth-order valence-corrected chi connectivity index (χ4v) is 6.05. The maximum atomic E-state index is 14.4. The maximum Gasteiger partial charge on any atom is 0.416 e. The van der Waals surface area contributed by atoms with Gasteiger partial charge in [0.2, 0.25) is 5.91 Å². The molecule has 0 aromatic heterocycles. The van der Waals surface area contributed by atoms with Crippen LogP contribution in [0.25, 0.3) is 10.8 Å². The number of anilines is 1. The summed E-state index contributed by atoms with van der Waals surface area (Å²) in [5.41, 5.74) is -1.12. The molecule has 1 heterocycles. The zero-order valence-corrected chi connectivity index (χ0v) is 22.5. The molecule has 1 atom stereocenters. The van der Waals surface area contributed by atoms with Crippen molar-refractivity contribution in [2.24, 2.45) is 4.40 Å². The number of sulfone groups is 1. The van der Waals surface area contributed by atoms with Gasteiger partial charge in [-0.05, 0) is 58.8 Å². The molecule has 1 amide bonds. The Morgan fingerprint density at radius 2 is 1.79 bits per heavy atom. The molecule has 0 radical (unpaired) electrons. The lowest BCUT2D eigenvalue weighted by Crippen LogP contribution is -2.39. The van der Waals surface area contributed by atoms with Gasteiger partial charge in [-0.3, -0.25) is 4.79 Å². The normalized spacial score (nSPS) is 18.5. The van der Waals surface area contributed by atoms with Crippen molar-refractivity contribution in [3.63, 3.8) is 0 Å². The quantitative estimate of drug-likeness (QED) is 0.244. The first-order chi connectivity index (χ1) is 17.5. The molecule has 5 nitrogen and oxygen atoms in total. The Kier molecular flexibility index (Phi) is 7.38. The van der Waals surface area contributed by atoms with Gasteiger partial charge in [0.1, 0.15) is 5.75 Å². The van der Waals surface area contributed by atoms with Gasteiger partial charge in [-0.25, -0.2) is 12.8 Å². The number of hydrogen-bond donors (Lipinski definition) is 1. The fourth-order valence-electron chi connectivity index (χ4n) is 4.04. The van der Waals surface area contributed by atoms with Gasteiger partial charge in [0.15, 0.2) is 14.6 Å². The van der Waals surface area contributed by atoms with E-state index in [1.165, 1.54) is 6.07 Å². The monoisotopic (exact) mass is 638 g/mol. The predicted octanol–water partition coefficient (Wildman–Crippen LogP) is 6.90. The number of halogens is 7. The Labute approximate surface area is 225 Å². The number of carbonyl (C=O) groups is 1. The van der Waals surface area contributed by atoms with Crippen molar-refractivity contribution >= 4 is 65.8 Å². The highest BCUT2D eigenvalue weighted by atomic mass is 79.9. The second kappa shape index (κ2) is 9.87. The lowest BCUT2D eigenvalue weighted by Gasteiger charge is -2.31. The number of rotatable bonds is 5. The van der Waals surface area contributed by atoms with Crippen LogP contribution in [0.4, 0.5) is 32.0 Å². The summed E-state index contributed by atoms with van der Waals surface area (Å²) in [6.07, 6.45) is -9.56. The van der Waals surface area contributed by atoms with Gasteiger partial charge < -0.3 is 5.32 Å². The minimum absolute atomic E-state index is 0.0364. The van der Waals surface area contributed by atoms with Gasteiger partial charge >= 0.3 is 12.4 Å². The summed E-state index contributed by atoms with van der Waals surface area (Å²) in [7, 11) is -3.56. The van der Waals surface area contributed by atoms with Gasteiger partial charge in [-0.15, -0.1) is 0 Å². The summed E-state index contributed by atoms with van der Waals surface area (Å²) in [5.74, 6) is -1.47. The van der Waals surface area contributed by atoms with Crippen molar-refractivity contribution in [3.8, 4) is 0 Å². The third kappa shape index (κ3) is 5.86. The van der Waals surface area contributed by atoms with E-state index >= 15 is 0 Å². The lowest BCUT2D eigenvalue weighted by molar-refractivity contribution is -0.160. The fraction of sp³-hybridized carbons (Fsp3) is 0.250. The highest BCUT2D eigenvalue weighted by Crippen LogP contribution is 2.57. The standard InChI is InChI=1S/C24H17BrF6N2O3S2/c1-38(35,36)12-21(34)32-19-4-2-3-13-7-14(5-6-18(13)19)20-11-22(37-33-20,24(29,30)31)15-8-16(23(26,27)28)10-17(25)9-15/h2-10H,11-12H2,1H3,(H,32,34). The van der Waals surface area contributed by atoms with E-state index in [1.54, 1.807) is 30.3 Å². The lowest BCUT2D eigenvalue weighted by atomic mass is 9.88. The Bertz CT molecular complexity index is 1570. The molecule has 0 aliphatic carbocycles. The van der Waals surface area contributed by atoms with Crippen molar-refractivity contribution in [1.29, 1.82) is 0 Å². The van der Waals surface area contributed by atoms with Crippen LogP contribution in [-0.2, 0) is 25.6 Å². The minimum atomic E-state index is -4.93. The molecular weight excluding hydrogens is 622 g/mol. The summed E-state index contributed by atoms with van der Waals surface area (Å²) in [6, 6.07) is 11.6. The zero-order valence-electron chi connectivity index (χ0n) is 19.2. The highest BCUT2D eigenvalue weighted by molar-refractivity contribution is 9.10. The number of fused-ring (bicyclic) bond motifs is 1. The molecule has 4 rings (SSSR count). The first-order valence-electron chi connectivity index (χ1n) is 10.7. The molecule has 0 fully saturated rings. The van der Waals surface area contributed by atoms with E-state index < -0.39 is 56.1 Å². The predicted molar refractivity (Wildman–Crippen MR) is 138 cm³/mol. The van der Waals surface area contributed by atoms with Gasteiger partial charge in [0.05, 0.1) is 11.3 Å². The van der Waals surface area contributed by atoms with Crippen molar-refractivity contribution in [1.82, 2.24) is 0 Å². The van der Waals surface area contributed by atoms with Crippen LogP contribution in [0, 0.1) is 0 Å². The summed E-state index contributed by atoms with van der Waals surface area (Å²) < 4.78 is 107. The van der Waals surface area contributed by atoms with Crippen LogP contribution >= 0.6 is 27.9 Å². The zero-order chi connectivity index (χ0) is 28.1. The van der Waals surface area contributed by atoms with E-state index in [4.69, 9.17) is 0 Å². The average Bonchev–Trinajstić information content (AvgIpc) is 3.24. The topological polar surface area (TPSA) is 75.6 Å². The second-order valence-electron chi connectivity index (χ2n) is 8.72. The molecule has 202 valence electrons. The Morgan fingerprint density at radius 1 is 1.08 bits per heavy atom. The van der Waals surface area contributed by atoms with Crippen molar-refractivity contribution < 1.29 is 39.6 Å². The number of nitrogens with zero attached hydrogens (tertiary/aromatic N) is 1. The van der Waals surface area contributed by atoms with Crippen LogP contribution in [0.2, 0.25) is 0 Å². The molecule has 0 spiro atoms. The number of alkyl halides is 6. The van der Waals surface area contributed by atoms with Crippen LogP contribution in [0.1, 0.15) is 23.1 Å². The van der Waals surface area contributed by atoms with Crippen LogP contribution in [0.3, 0.4) is 0 Å². The third-order valence-corrected chi connectivity index (χ3v) is 8.24. The second-order valence-corrected chi connectivity index (χ2v) is 12.8. The van der Waals surface area contributed by atoms with Crippen molar-refractivity contribution in [2.75, 3.05) is 17.3 Å². The highest BCUT2D eigenvalue weighted by Gasteiger charge is 2.60. The SMILES string of the molecule is CS(=O)(=O)CC(=O)Nc1cccc2cc(C3=NSC(c4cc(Br)cc(C(F)(F)F)c4)(C(F)(F)F)C3)ccc12. The molecule has 14 heteroatoms. The van der Waals surface area contributed by atoms with Crippen LogP contribution in [0.15, 0.2) is 63.5 Å². The van der Waals surface area contributed by atoms with E-state index in [0.717, 1.165) is 12.3 Å². The summed E-state index contributed by atoms with van der Waals surface area (Å²) >= 11 is 3.06. The van der Waals surface area contributed by atoms with E-state index in [1.807, 2.05) is 0 Å². The van der Waals surface area contributed by atoms with E-state index in [0.29, 0.717) is 34.2 Å². The molecule has 3 aromatic carbocycles. The van der Waals surface area contributed by atoms with Crippen LogP contribution in [0.5, 0.6) is 0 Å². The van der Waals surface area contributed by atoms with Gasteiger partial charge in [0.25, 0.3) is 0 Å². The molecule has 0 saturated heterocycles. The maximum absolute atomic E-state index is 14.4.